The van der Waals surface area contributed by atoms with E-state index in [9.17, 15) is 10.4 Å². The lowest BCUT2D eigenvalue weighted by atomic mass is 9.62. The summed E-state index contributed by atoms with van der Waals surface area (Å²) in [6, 6.07) is 6.12. The van der Waals surface area contributed by atoms with E-state index in [0.29, 0.717) is 11.7 Å². The zero-order valence-electron chi connectivity index (χ0n) is 13.6. The summed E-state index contributed by atoms with van der Waals surface area (Å²) in [7, 11) is 0. The lowest BCUT2D eigenvalue weighted by molar-refractivity contribution is -0.00425. The van der Waals surface area contributed by atoms with Crippen molar-refractivity contribution in [3.8, 4) is 6.07 Å². The summed E-state index contributed by atoms with van der Waals surface area (Å²) in [6.45, 7) is 8.79. The summed E-state index contributed by atoms with van der Waals surface area (Å²) in [5.41, 5.74) is -0.419. The largest absolute Gasteiger partial charge is 0.463 e. The molecule has 1 unspecified atom stereocenters. The van der Waals surface area contributed by atoms with Crippen molar-refractivity contribution in [2.24, 2.45) is 16.7 Å². The highest BCUT2D eigenvalue weighted by molar-refractivity contribution is 5.17. The van der Waals surface area contributed by atoms with Gasteiger partial charge in [0, 0.05) is 6.42 Å². The van der Waals surface area contributed by atoms with Crippen molar-refractivity contribution in [2.45, 2.75) is 65.9 Å². The Morgan fingerprint density at radius 3 is 2.43 bits per heavy atom. The van der Waals surface area contributed by atoms with E-state index in [1.807, 2.05) is 19.1 Å². The van der Waals surface area contributed by atoms with Gasteiger partial charge in [0.2, 0.25) is 0 Å². The number of furan rings is 1. The summed E-state index contributed by atoms with van der Waals surface area (Å²) in [4.78, 5) is 0. The second-order valence-electron chi connectivity index (χ2n) is 7.47. The van der Waals surface area contributed by atoms with Crippen molar-refractivity contribution in [3.63, 3.8) is 0 Å². The van der Waals surface area contributed by atoms with Crippen LogP contribution in [0.25, 0.3) is 0 Å². The van der Waals surface area contributed by atoms with Crippen LogP contribution in [0.1, 0.15) is 71.0 Å². The van der Waals surface area contributed by atoms with Crippen LogP contribution in [0.2, 0.25) is 0 Å². The van der Waals surface area contributed by atoms with E-state index >= 15 is 0 Å². The van der Waals surface area contributed by atoms with E-state index in [1.54, 1.807) is 0 Å². The average molecular weight is 289 g/mol. The Morgan fingerprint density at radius 1 is 1.38 bits per heavy atom. The highest BCUT2D eigenvalue weighted by atomic mass is 16.4. The zero-order chi connectivity index (χ0) is 15.7. The molecule has 1 N–H and O–H groups in total. The molecule has 1 aromatic rings. The van der Waals surface area contributed by atoms with Gasteiger partial charge >= 0.3 is 0 Å². The van der Waals surface area contributed by atoms with Crippen molar-refractivity contribution in [3.05, 3.63) is 23.7 Å². The third-order valence-corrected chi connectivity index (χ3v) is 5.15. The quantitative estimate of drug-likeness (QED) is 0.883. The molecule has 116 valence electrons. The molecule has 0 aliphatic heterocycles. The number of nitriles is 1. The van der Waals surface area contributed by atoms with Gasteiger partial charge in [0.05, 0.1) is 11.5 Å². The smallest absolute Gasteiger partial charge is 0.134 e. The summed E-state index contributed by atoms with van der Waals surface area (Å²) in [5.74, 6) is 2.03. The molecule has 1 heterocycles. The van der Waals surface area contributed by atoms with Gasteiger partial charge in [-0.05, 0) is 49.1 Å². The van der Waals surface area contributed by atoms with Crippen LogP contribution < -0.4 is 0 Å². The van der Waals surface area contributed by atoms with Gasteiger partial charge in [-0.1, -0.05) is 27.7 Å². The number of hydrogen-bond donors (Lipinski definition) is 1. The molecule has 1 fully saturated rings. The second kappa shape index (κ2) is 5.85. The van der Waals surface area contributed by atoms with E-state index in [2.05, 4.69) is 26.8 Å². The molecule has 0 saturated heterocycles. The Balaban J connectivity index is 2.15. The maximum atomic E-state index is 10.7. The van der Waals surface area contributed by atoms with E-state index in [1.165, 1.54) is 0 Å². The molecule has 1 aromatic heterocycles. The Hall–Kier alpha value is -1.27. The monoisotopic (exact) mass is 289 g/mol. The SMILES string of the molecule is CCc1ccc(C(O)C2(C#N)CCC(C(C)(C)C)CC2)o1. The molecule has 3 heteroatoms. The van der Waals surface area contributed by atoms with Gasteiger partial charge in [-0.25, -0.2) is 0 Å². The summed E-state index contributed by atoms with van der Waals surface area (Å²) >= 11 is 0. The van der Waals surface area contributed by atoms with Gasteiger partial charge in [0.25, 0.3) is 0 Å². The predicted octanol–water partition coefficient (Wildman–Crippen LogP) is 4.62. The van der Waals surface area contributed by atoms with Gasteiger partial charge in [-0.2, -0.15) is 5.26 Å². The molecule has 1 saturated carbocycles. The summed E-state index contributed by atoms with van der Waals surface area (Å²) in [6.07, 6.45) is 3.47. The normalized spacial score (nSPS) is 28.1. The standard InChI is InChI=1S/C18H27NO2/c1-5-14-6-7-15(21-14)16(20)18(12-19)10-8-13(9-11-18)17(2,3)4/h6-7,13,16,20H,5,8-11H2,1-4H3. The number of aliphatic hydroxyl groups is 1. The molecular formula is C18H27NO2. The Labute approximate surface area is 128 Å². The number of hydrogen-bond acceptors (Lipinski definition) is 3. The van der Waals surface area contributed by atoms with Crippen LogP contribution in [0.3, 0.4) is 0 Å². The minimum absolute atomic E-state index is 0.270. The minimum Gasteiger partial charge on any atom is -0.463 e. The molecule has 0 amide bonds. The first-order chi connectivity index (χ1) is 9.82. The number of aliphatic hydroxyl groups excluding tert-OH is 1. The number of rotatable bonds is 3. The molecule has 3 nitrogen and oxygen atoms in total. The molecule has 0 spiro atoms. The summed E-state index contributed by atoms with van der Waals surface area (Å²) < 4.78 is 5.67. The first kappa shape index (κ1) is 16.1. The maximum Gasteiger partial charge on any atom is 0.134 e. The van der Waals surface area contributed by atoms with Gasteiger partial charge in [0.15, 0.2) is 0 Å². The van der Waals surface area contributed by atoms with Crippen LogP contribution in [0.15, 0.2) is 16.5 Å². The van der Waals surface area contributed by atoms with Crippen molar-refractivity contribution in [1.82, 2.24) is 0 Å². The zero-order valence-corrected chi connectivity index (χ0v) is 13.6. The first-order valence-electron chi connectivity index (χ1n) is 8.00. The van der Waals surface area contributed by atoms with Crippen molar-refractivity contribution in [1.29, 1.82) is 5.26 Å². The molecule has 0 aromatic carbocycles. The van der Waals surface area contributed by atoms with Crippen LogP contribution in [0.4, 0.5) is 0 Å². The lowest BCUT2D eigenvalue weighted by Crippen LogP contribution is -2.35. The fraction of sp³-hybridized carbons (Fsp3) is 0.722. The van der Waals surface area contributed by atoms with Crippen molar-refractivity contribution < 1.29 is 9.52 Å². The van der Waals surface area contributed by atoms with Crippen LogP contribution in [0.5, 0.6) is 0 Å². The van der Waals surface area contributed by atoms with Crippen LogP contribution in [-0.4, -0.2) is 5.11 Å². The highest BCUT2D eigenvalue weighted by Gasteiger charge is 2.45. The van der Waals surface area contributed by atoms with Gasteiger partial charge in [-0.3, -0.25) is 0 Å². The second-order valence-corrected chi connectivity index (χ2v) is 7.47. The van der Waals surface area contributed by atoms with Crippen molar-refractivity contribution >= 4 is 0 Å². The van der Waals surface area contributed by atoms with Crippen LogP contribution in [-0.2, 0) is 6.42 Å². The first-order valence-corrected chi connectivity index (χ1v) is 8.00. The minimum atomic E-state index is -0.816. The van der Waals surface area contributed by atoms with Crippen LogP contribution >= 0.6 is 0 Å². The van der Waals surface area contributed by atoms with E-state index in [4.69, 9.17) is 4.42 Å². The number of nitrogens with zero attached hydrogens (tertiary/aromatic N) is 1. The van der Waals surface area contributed by atoms with Gasteiger partial charge < -0.3 is 9.52 Å². The molecule has 0 radical (unpaired) electrons. The molecule has 1 aliphatic rings. The van der Waals surface area contributed by atoms with Gasteiger partial charge in [-0.15, -0.1) is 0 Å². The van der Waals surface area contributed by atoms with E-state index < -0.39 is 11.5 Å². The van der Waals surface area contributed by atoms with E-state index in [0.717, 1.165) is 37.9 Å². The third kappa shape index (κ3) is 3.16. The molecule has 21 heavy (non-hydrogen) atoms. The number of aryl methyl sites for hydroxylation is 1. The molecule has 0 bridgehead atoms. The fourth-order valence-electron chi connectivity index (χ4n) is 3.45. The maximum absolute atomic E-state index is 10.7. The lowest BCUT2D eigenvalue weighted by Gasteiger charge is -2.42. The van der Waals surface area contributed by atoms with E-state index in [-0.39, 0.29) is 5.41 Å². The molecular weight excluding hydrogens is 262 g/mol. The Morgan fingerprint density at radius 2 is 2.00 bits per heavy atom. The molecule has 1 atom stereocenters. The summed E-state index contributed by atoms with van der Waals surface area (Å²) in [5, 5.41) is 20.4. The molecule has 2 rings (SSSR count). The topological polar surface area (TPSA) is 57.2 Å². The Bertz CT molecular complexity index is 510. The average Bonchev–Trinajstić information content (AvgIpc) is 2.94. The Kier molecular flexibility index (Phi) is 4.49. The fourth-order valence-corrected chi connectivity index (χ4v) is 3.45. The van der Waals surface area contributed by atoms with Crippen LogP contribution in [0, 0.1) is 28.1 Å². The third-order valence-electron chi connectivity index (χ3n) is 5.15. The molecule has 1 aliphatic carbocycles. The van der Waals surface area contributed by atoms with Crippen molar-refractivity contribution in [2.75, 3.05) is 0 Å². The predicted molar refractivity (Wildman–Crippen MR) is 82.5 cm³/mol. The highest BCUT2D eigenvalue weighted by Crippen LogP contribution is 2.50. The van der Waals surface area contributed by atoms with Gasteiger partial charge in [0.1, 0.15) is 17.6 Å².